The van der Waals surface area contributed by atoms with Crippen LogP contribution in [0.2, 0.25) is 0 Å². The van der Waals surface area contributed by atoms with E-state index in [9.17, 15) is 0 Å². The smallest absolute Gasteiger partial charge is 0.0480 e. The van der Waals surface area contributed by atoms with Crippen LogP contribution in [-0.4, -0.2) is 18.3 Å². The molecule has 1 aromatic heterocycles. The molecule has 0 N–H and O–H groups in total. The van der Waals surface area contributed by atoms with Crippen LogP contribution >= 0.6 is 0 Å². The van der Waals surface area contributed by atoms with Crippen LogP contribution in [0.25, 0.3) is 10.9 Å². The highest BCUT2D eigenvalue weighted by atomic mass is 16.5. The number of hydrogen-bond donors (Lipinski definition) is 0. The summed E-state index contributed by atoms with van der Waals surface area (Å²) in [5.41, 5.74) is 2.66. The number of nitrogens with zero attached hydrogens (tertiary/aromatic N) is 1. The van der Waals surface area contributed by atoms with Crippen LogP contribution in [0.1, 0.15) is 18.4 Å². The van der Waals surface area contributed by atoms with Gasteiger partial charge in [-0.3, -0.25) is 0 Å². The predicted octanol–water partition coefficient (Wildman–Crippen LogP) is 3.38. The Morgan fingerprint density at radius 1 is 1.19 bits per heavy atom. The molecular formula is C14H19NO. The molecule has 0 fully saturated rings. The molecule has 2 aromatic rings. The number of hydrogen-bond acceptors (Lipinski definition) is 1. The molecule has 1 heterocycles. The van der Waals surface area contributed by atoms with E-state index < -0.39 is 0 Å². The van der Waals surface area contributed by atoms with Crippen molar-refractivity contribution in [1.82, 2.24) is 4.57 Å². The first kappa shape index (κ1) is 11.2. The molecular weight excluding hydrogens is 198 g/mol. The van der Waals surface area contributed by atoms with Gasteiger partial charge in [0, 0.05) is 32.0 Å². The highest BCUT2D eigenvalue weighted by Crippen LogP contribution is 2.17. The number of aryl methyl sites for hydroxylation is 2. The Kier molecular flexibility index (Phi) is 3.62. The van der Waals surface area contributed by atoms with Crippen molar-refractivity contribution in [2.24, 2.45) is 0 Å². The molecule has 2 rings (SSSR count). The van der Waals surface area contributed by atoms with Gasteiger partial charge in [0.2, 0.25) is 0 Å². The van der Waals surface area contributed by atoms with E-state index in [1.54, 1.807) is 7.11 Å². The van der Waals surface area contributed by atoms with Gasteiger partial charge in [0.1, 0.15) is 0 Å². The summed E-state index contributed by atoms with van der Waals surface area (Å²) in [4.78, 5) is 0. The number of aromatic nitrogens is 1. The molecule has 0 amide bonds. The third-order valence-corrected chi connectivity index (χ3v) is 2.92. The Morgan fingerprint density at radius 2 is 2.06 bits per heavy atom. The van der Waals surface area contributed by atoms with E-state index in [0.717, 1.165) is 19.6 Å². The van der Waals surface area contributed by atoms with Gasteiger partial charge in [-0.1, -0.05) is 11.6 Å². The highest BCUT2D eigenvalue weighted by Gasteiger charge is 2.00. The molecule has 0 radical (unpaired) electrons. The first-order valence-corrected chi connectivity index (χ1v) is 5.85. The maximum absolute atomic E-state index is 5.06. The van der Waals surface area contributed by atoms with Crippen molar-refractivity contribution in [2.75, 3.05) is 13.7 Å². The second-order valence-corrected chi connectivity index (χ2v) is 4.27. The number of methoxy groups -OCH3 is 1. The molecule has 0 aliphatic rings. The fourth-order valence-corrected chi connectivity index (χ4v) is 2.04. The average Bonchev–Trinajstić information content (AvgIpc) is 2.67. The van der Waals surface area contributed by atoms with Gasteiger partial charge < -0.3 is 9.30 Å². The summed E-state index contributed by atoms with van der Waals surface area (Å²) in [5, 5.41) is 1.34. The minimum absolute atomic E-state index is 0.859. The maximum Gasteiger partial charge on any atom is 0.0480 e. The molecule has 2 heteroatoms. The molecule has 2 nitrogen and oxygen atoms in total. The van der Waals surface area contributed by atoms with E-state index in [-0.39, 0.29) is 0 Å². The maximum atomic E-state index is 5.06. The summed E-state index contributed by atoms with van der Waals surface area (Å²) < 4.78 is 7.38. The van der Waals surface area contributed by atoms with E-state index in [4.69, 9.17) is 4.74 Å². The minimum atomic E-state index is 0.859. The van der Waals surface area contributed by atoms with Crippen LogP contribution < -0.4 is 0 Å². The monoisotopic (exact) mass is 217 g/mol. The van der Waals surface area contributed by atoms with E-state index in [1.807, 2.05) is 0 Å². The van der Waals surface area contributed by atoms with E-state index in [0.29, 0.717) is 0 Å². The quantitative estimate of drug-likeness (QED) is 0.700. The van der Waals surface area contributed by atoms with Crippen molar-refractivity contribution in [3.63, 3.8) is 0 Å². The Bertz CT molecular complexity index is 459. The second kappa shape index (κ2) is 5.17. The molecule has 0 saturated heterocycles. The summed E-state index contributed by atoms with van der Waals surface area (Å²) in [5.74, 6) is 0. The molecule has 86 valence electrons. The van der Waals surface area contributed by atoms with Crippen LogP contribution in [0.15, 0.2) is 30.5 Å². The minimum Gasteiger partial charge on any atom is -0.385 e. The van der Waals surface area contributed by atoms with Crippen LogP contribution in [0.4, 0.5) is 0 Å². The van der Waals surface area contributed by atoms with Crippen LogP contribution in [-0.2, 0) is 11.3 Å². The van der Waals surface area contributed by atoms with Crippen molar-refractivity contribution >= 4 is 10.9 Å². The van der Waals surface area contributed by atoms with Gasteiger partial charge in [-0.05, 0) is 43.4 Å². The molecule has 1 aromatic carbocycles. The Hall–Kier alpha value is -1.28. The third-order valence-electron chi connectivity index (χ3n) is 2.92. The lowest BCUT2D eigenvalue weighted by molar-refractivity contribution is 0.191. The largest absolute Gasteiger partial charge is 0.385 e. The van der Waals surface area contributed by atoms with Crippen LogP contribution in [0.5, 0.6) is 0 Å². The van der Waals surface area contributed by atoms with Crippen molar-refractivity contribution in [1.29, 1.82) is 0 Å². The zero-order valence-corrected chi connectivity index (χ0v) is 10.1. The van der Waals surface area contributed by atoms with Crippen molar-refractivity contribution < 1.29 is 4.74 Å². The molecule has 0 unspecified atom stereocenters. The Morgan fingerprint density at radius 3 is 2.88 bits per heavy atom. The Labute approximate surface area is 96.8 Å². The predicted molar refractivity (Wildman–Crippen MR) is 67.8 cm³/mol. The van der Waals surface area contributed by atoms with Gasteiger partial charge >= 0.3 is 0 Å². The first-order valence-electron chi connectivity index (χ1n) is 5.85. The number of rotatable bonds is 5. The van der Waals surface area contributed by atoms with Gasteiger partial charge in [0.25, 0.3) is 0 Å². The molecule has 0 saturated carbocycles. The zero-order chi connectivity index (χ0) is 11.4. The van der Waals surface area contributed by atoms with Gasteiger partial charge in [0.15, 0.2) is 0 Å². The molecule has 16 heavy (non-hydrogen) atoms. The molecule has 0 spiro atoms. The van der Waals surface area contributed by atoms with E-state index >= 15 is 0 Å². The van der Waals surface area contributed by atoms with Crippen molar-refractivity contribution in [2.45, 2.75) is 26.3 Å². The molecule has 0 aliphatic carbocycles. The number of fused-ring (bicyclic) bond motifs is 1. The first-order chi connectivity index (χ1) is 7.81. The van der Waals surface area contributed by atoms with Gasteiger partial charge in [0.05, 0.1) is 0 Å². The summed E-state index contributed by atoms with van der Waals surface area (Å²) in [7, 11) is 1.76. The second-order valence-electron chi connectivity index (χ2n) is 4.27. The average molecular weight is 217 g/mol. The fourth-order valence-electron chi connectivity index (χ4n) is 2.04. The van der Waals surface area contributed by atoms with Gasteiger partial charge in [-0.15, -0.1) is 0 Å². The third kappa shape index (κ3) is 2.45. The van der Waals surface area contributed by atoms with Crippen molar-refractivity contribution in [3.8, 4) is 0 Å². The summed E-state index contributed by atoms with van der Waals surface area (Å²) in [6.45, 7) is 4.07. The highest BCUT2D eigenvalue weighted by molar-refractivity contribution is 5.80. The fraction of sp³-hybridized carbons (Fsp3) is 0.429. The van der Waals surface area contributed by atoms with E-state index in [1.165, 1.54) is 22.9 Å². The molecule has 0 atom stereocenters. The standard InChI is InChI=1S/C14H19NO/c1-12-5-6-14-13(11-12)7-9-15(14)8-3-4-10-16-2/h5-7,9,11H,3-4,8,10H2,1-2H3. The van der Waals surface area contributed by atoms with Gasteiger partial charge in [-0.25, -0.2) is 0 Å². The molecule has 0 aliphatic heterocycles. The zero-order valence-electron chi connectivity index (χ0n) is 10.1. The summed E-state index contributed by atoms with van der Waals surface area (Å²) in [6.07, 6.45) is 4.48. The van der Waals surface area contributed by atoms with E-state index in [2.05, 4.69) is 42.0 Å². The van der Waals surface area contributed by atoms with Crippen LogP contribution in [0, 0.1) is 6.92 Å². The normalized spacial score (nSPS) is 11.1. The number of ether oxygens (including phenoxy) is 1. The topological polar surface area (TPSA) is 14.2 Å². The lowest BCUT2D eigenvalue weighted by atomic mass is 10.2. The van der Waals surface area contributed by atoms with Crippen molar-refractivity contribution in [3.05, 3.63) is 36.0 Å². The summed E-state index contributed by atoms with van der Waals surface area (Å²) >= 11 is 0. The molecule has 0 bridgehead atoms. The lowest BCUT2D eigenvalue weighted by Crippen LogP contribution is -1.98. The summed E-state index contributed by atoms with van der Waals surface area (Å²) in [6, 6.07) is 8.81. The number of benzene rings is 1. The number of unbranched alkanes of at least 4 members (excludes halogenated alkanes) is 1. The van der Waals surface area contributed by atoms with Gasteiger partial charge in [-0.2, -0.15) is 0 Å². The SMILES string of the molecule is COCCCCn1ccc2cc(C)ccc21. The Balaban J connectivity index is 2.07. The lowest BCUT2D eigenvalue weighted by Gasteiger charge is -2.05. The van der Waals surface area contributed by atoms with Crippen LogP contribution in [0.3, 0.4) is 0 Å².